The van der Waals surface area contributed by atoms with E-state index < -0.39 is 0 Å². The summed E-state index contributed by atoms with van der Waals surface area (Å²) in [5.74, 6) is 0.0113. The van der Waals surface area contributed by atoms with Gasteiger partial charge >= 0.3 is 0 Å². The van der Waals surface area contributed by atoms with E-state index in [1.165, 1.54) is 0 Å². The maximum atomic E-state index is 12.0. The van der Waals surface area contributed by atoms with Gasteiger partial charge in [0.25, 0.3) is 0 Å². The van der Waals surface area contributed by atoms with Gasteiger partial charge in [-0.1, -0.05) is 30.2 Å². The van der Waals surface area contributed by atoms with Crippen LogP contribution in [0.4, 0.5) is 5.69 Å². The molecule has 17 heavy (non-hydrogen) atoms. The standard InChI is InChI=1S/C13H17ClN2O/c1-9-5-4-7-10(12(9)14)16-13(17)11-6-2-3-8-15-11/h4-5,7,11,15H,2-3,6,8H2,1H3,(H,16,17)/t11-/m0/s1. The molecule has 2 N–H and O–H groups in total. The predicted octanol–water partition coefficient (Wildman–Crippen LogP) is 2.73. The maximum Gasteiger partial charge on any atom is 0.241 e. The normalized spacial score (nSPS) is 20.0. The average molecular weight is 253 g/mol. The van der Waals surface area contributed by atoms with Gasteiger partial charge in [-0.25, -0.2) is 0 Å². The Kier molecular flexibility index (Phi) is 4.02. The Morgan fingerprint density at radius 3 is 3.00 bits per heavy atom. The summed E-state index contributed by atoms with van der Waals surface area (Å²) in [6, 6.07) is 5.57. The van der Waals surface area contributed by atoms with E-state index in [4.69, 9.17) is 11.6 Å². The zero-order chi connectivity index (χ0) is 12.3. The molecule has 1 aromatic carbocycles. The maximum absolute atomic E-state index is 12.0. The highest BCUT2D eigenvalue weighted by atomic mass is 35.5. The topological polar surface area (TPSA) is 41.1 Å². The number of carbonyl (C=O) groups excluding carboxylic acids is 1. The minimum absolute atomic E-state index is 0.0113. The highest BCUT2D eigenvalue weighted by molar-refractivity contribution is 6.34. The number of hydrogen-bond acceptors (Lipinski definition) is 2. The lowest BCUT2D eigenvalue weighted by atomic mass is 10.0. The third kappa shape index (κ3) is 2.99. The van der Waals surface area contributed by atoms with Crippen molar-refractivity contribution in [2.45, 2.75) is 32.2 Å². The van der Waals surface area contributed by atoms with Gasteiger partial charge in [0, 0.05) is 0 Å². The lowest BCUT2D eigenvalue weighted by Gasteiger charge is -2.22. The van der Waals surface area contributed by atoms with Crippen molar-refractivity contribution in [3.63, 3.8) is 0 Å². The molecule has 0 saturated carbocycles. The van der Waals surface area contributed by atoms with E-state index in [2.05, 4.69) is 10.6 Å². The van der Waals surface area contributed by atoms with Crippen LogP contribution in [0.5, 0.6) is 0 Å². The molecular weight excluding hydrogens is 236 g/mol. The van der Waals surface area contributed by atoms with Crippen LogP contribution in [0.3, 0.4) is 0 Å². The van der Waals surface area contributed by atoms with Crippen LogP contribution in [0.1, 0.15) is 24.8 Å². The monoisotopic (exact) mass is 252 g/mol. The Morgan fingerprint density at radius 1 is 1.47 bits per heavy atom. The third-order valence-corrected chi connectivity index (χ3v) is 3.58. The SMILES string of the molecule is Cc1cccc(NC(=O)[C@@H]2CCCCN2)c1Cl. The van der Waals surface area contributed by atoms with Crippen molar-refractivity contribution in [3.8, 4) is 0 Å². The highest BCUT2D eigenvalue weighted by Crippen LogP contribution is 2.25. The van der Waals surface area contributed by atoms with Gasteiger partial charge < -0.3 is 10.6 Å². The van der Waals surface area contributed by atoms with Gasteiger partial charge in [-0.2, -0.15) is 0 Å². The first-order chi connectivity index (χ1) is 8.18. The molecule has 0 radical (unpaired) electrons. The van der Waals surface area contributed by atoms with E-state index >= 15 is 0 Å². The molecule has 1 aliphatic heterocycles. The molecule has 3 nitrogen and oxygen atoms in total. The molecule has 1 amide bonds. The van der Waals surface area contributed by atoms with Crippen molar-refractivity contribution in [1.82, 2.24) is 5.32 Å². The summed E-state index contributed by atoms with van der Waals surface area (Å²) in [6.45, 7) is 2.84. The smallest absolute Gasteiger partial charge is 0.241 e. The molecule has 1 heterocycles. The van der Waals surface area contributed by atoms with Crippen molar-refractivity contribution in [2.75, 3.05) is 11.9 Å². The molecular formula is C13H17ClN2O. The quantitative estimate of drug-likeness (QED) is 0.850. The van der Waals surface area contributed by atoms with Crippen molar-refractivity contribution in [3.05, 3.63) is 28.8 Å². The largest absolute Gasteiger partial charge is 0.323 e. The predicted molar refractivity (Wildman–Crippen MR) is 70.5 cm³/mol. The Labute approximate surface area is 107 Å². The first-order valence-corrected chi connectivity index (χ1v) is 6.35. The van der Waals surface area contributed by atoms with Gasteiger partial charge in [0.1, 0.15) is 0 Å². The number of anilines is 1. The van der Waals surface area contributed by atoms with Crippen LogP contribution in [0.15, 0.2) is 18.2 Å². The number of piperidine rings is 1. The molecule has 0 aromatic heterocycles. The molecule has 0 bridgehead atoms. The molecule has 0 aliphatic carbocycles. The lowest BCUT2D eigenvalue weighted by Crippen LogP contribution is -2.43. The summed E-state index contributed by atoms with van der Waals surface area (Å²) in [5, 5.41) is 6.73. The van der Waals surface area contributed by atoms with E-state index in [1.54, 1.807) is 0 Å². The molecule has 1 atom stereocenters. The van der Waals surface area contributed by atoms with Crippen LogP contribution in [0.25, 0.3) is 0 Å². The number of hydrogen-bond donors (Lipinski definition) is 2. The fourth-order valence-electron chi connectivity index (χ4n) is 2.04. The van der Waals surface area contributed by atoms with E-state index in [9.17, 15) is 4.79 Å². The van der Waals surface area contributed by atoms with E-state index in [-0.39, 0.29) is 11.9 Å². The summed E-state index contributed by atoms with van der Waals surface area (Å²) in [7, 11) is 0. The minimum Gasteiger partial charge on any atom is -0.323 e. The summed E-state index contributed by atoms with van der Waals surface area (Å²) < 4.78 is 0. The number of carbonyl (C=O) groups is 1. The first kappa shape index (κ1) is 12.4. The number of amides is 1. The van der Waals surface area contributed by atoms with Crippen molar-refractivity contribution >= 4 is 23.2 Å². The second kappa shape index (κ2) is 5.52. The van der Waals surface area contributed by atoms with Gasteiger partial charge in [0.15, 0.2) is 0 Å². The summed E-state index contributed by atoms with van der Waals surface area (Å²) >= 11 is 6.14. The van der Waals surface area contributed by atoms with Crippen LogP contribution in [-0.2, 0) is 4.79 Å². The Balaban J connectivity index is 2.04. The van der Waals surface area contributed by atoms with Crippen LogP contribution in [-0.4, -0.2) is 18.5 Å². The van der Waals surface area contributed by atoms with E-state index in [0.717, 1.165) is 31.4 Å². The van der Waals surface area contributed by atoms with Crippen LogP contribution in [0, 0.1) is 6.92 Å². The Hall–Kier alpha value is -1.06. The number of rotatable bonds is 2. The molecule has 1 aliphatic rings. The Bertz CT molecular complexity index is 414. The lowest BCUT2D eigenvalue weighted by molar-refractivity contribution is -0.118. The minimum atomic E-state index is -0.0830. The fraction of sp³-hybridized carbons (Fsp3) is 0.462. The van der Waals surface area contributed by atoms with Crippen LogP contribution < -0.4 is 10.6 Å². The second-order valence-corrected chi connectivity index (χ2v) is 4.81. The second-order valence-electron chi connectivity index (χ2n) is 4.43. The van der Waals surface area contributed by atoms with Gasteiger partial charge in [0.05, 0.1) is 16.8 Å². The van der Waals surface area contributed by atoms with E-state index in [1.807, 2.05) is 25.1 Å². The molecule has 1 fully saturated rings. The van der Waals surface area contributed by atoms with E-state index in [0.29, 0.717) is 10.7 Å². The molecule has 1 aromatic rings. The van der Waals surface area contributed by atoms with Gasteiger partial charge in [0.2, 0.25) is 5.91 Å². The summed E-state index contributed by atoms with van der Waals surface area (Å²) in [5.41, 5.74) is 1.67. The highest BCUT2D eigenvalue weighted by Gasteiger charge is 2.21. The number of halogens is 1. The van der Waals surface area contributed by atoms with Gasteiger partial charge in [-0.05, 0) is 37.9 Å². The van der Waals surface area contributed by atoms with Crippen molar-refractivity contribution in [2.24, 2.45) is 0 Å². The summed E-state index contributed by atoms with van der Waals surface area (Å²) in [6.07, 6.45) is 3.15. The zero-order valence-corrected chi connectivity index (χ0v) is 10.7. The van der Waals surface area contributed by atoms with Crippen LogP contribution >= 0.6 is 11.6 Å². The number of benzene rings is 1. The number of nitrogens with one attached hydrogen (secondary N) is 2. The van der Waals surface area contributed by atoms with Crippen molar-refractivity contribution in [1.29, 1.82) is 0 Å². The van der Waals surface area contributed by atoms with Gasteiger partial charge in [-0.15, -0.1) is 0 Å². The number of aryl methyl sites for hydroxylation is 1. The van der Waals surface area contributed by atoms with Crippen LogP contribution in [0.2, 0.25) is 5.02 Å². The molecule has 0 spiro atoms. The third-order valence-electron chi connectivity index (χ3n) is 3.08. The molecule has 92 valence electrons. The molecule has 2 rings (SSSR count). The van der Waals surface area contributed by atoms with Gasteiger partial charge in [-0.3, -0.25) is 4.79 Å². The molecule has 1 saturated heterocycles. The van der Waals surface area contributed by atoms with Crippen molar-refractivity contribution < 1.29 is 4.79 Å². The zero-order valence-electron chi connectivity index (χ0n) is 9.92. The summed E-state index contributed by atoms with van der Waals surface area (Å²) in [4.78, 5) is 12.0. The average Bonchev–Trinajstić information content (AvgIpc) is 2.36. The molecule has 0 unspecified atom stereocenters. The first-order valence-electron chi connectivity index (χ1n) is 5.98. The fourth-order valence-corrected chi connectivity index (χ4v) is 2.21. The Morgan fingerprint density at radius 2 is 2.29 bits per heavy atom. The molecule has 4 heteroatoms.